The number of hydrogen-bond acceptors (Lipinski definition) is 2. The van der Waals surface area contributed by atoms with Gasteiger partial charge in [-0.1, -0.05) is 6.07 Å². The minimum absolute atomic E-state index is 0.281. The summed E-state index contributed by atoms with van der Waals surface area (Å²) in [5.41, 5.74) is 2.42. The molecule has 0 amide bonds. The predicted octanol–water partition coefficient (Wildman–Crippen LogP) is 3.21. The van der Waals surface area contributed by atoms with Crippen LogP contribution in [0.2, 0.25) is 0 Å². The van der Waals surface area contributed by atoms with Crippen molar-refractivity contribution < 1.29 is 4.74 Å². The molecule has 0 spiro atoms. The summed E-state index contributed by atoms with van der Waals surface area (Å²) in [6, 6.07) is 6.21. The Labute approximate surface area is 85.5 Å². The molecule has 2 heteroatoms. The van der Waals surface area contributed by atoms with Gasteiger partial charge in [-0.3, -0.25) is 0 Å². The molecule has 0 aliphatic heterocycles. The molecule has 1 rings (SSSR count). The Morgan fingerprint density at radius 2 is 2.00 bits per heavy atom. The number of rotatable bonds is 3. The van der Waals surface area contributed by atoms with Gasteiger partial charge in [0.05, 0.1) is 12.7 Å². The minimum atomic E-state index is 0.281. The van der Waals surface area contributed by atoms with Crippen LogP contribution in [-0.4, -0.2) is 6.10 Å². The van der Waals surface area contributed by atoms with Crippen molar-refractivity contribution in [2.45, 2.75) is 38.4 Å². The highest BCUT2D eigenvalue weighted by atomic mass is 32.1. The third-order valence-corrected chi connectivity index (χ3v) is 1.96. The summed E-state index contributed by atoms with van der Waals surface area (Å²) in [4.78, 5) is 1.00. The van der Waals surface area contributed by atoms with Crippen molar-refractivity contribution in [3.63, 3.8) is 0 Å². The summed E-state index contributed by atoms with van der Waals surface area (Å²) in [6.07, 6.45) is 0.281. The summed E-state index contributed by atoms with van der Waals surface area (Å²) < 4.78 is 5.50. The van der Waals surface area contributed by atoms with Crippen molar-refractivity contribution in [2.24, 2.45) is 0 Å². The molecule has 0 aliphatic rings. The normalized spacial score (nSPS) is 10.8. The van der Waals surface area contributed by atoms with Gasteiger partial charge in [-0.25, -0.2) is 0 Å². The van der Waals surface area contributed by atoms with Crippen LogP contribution in [-0.2, 0) is 11.3 Å². The van der Waals surface area contributed by atoms with E-state index in [2.05, 4.69) is 25.6 Å². The van der Waals surface area contributed by atoms with Gasteiger partial charge >= 0.3 is 0 Å². The van der Waals surface area contributed by atoms with Crippen LogP contribution in [0.3, 0.4) is 0 Å². The number of thiol groups is 1. The van der Waals surface area contributed by atoms with E-state index in [4.69, 9.17) is 4.74 Å². The molecule has 0 heterocycles. The summed E-state index contributed by atoms with van der Waals surface area (Å²) in [7, 11) is 0. The fourth-order valence-corrected chi connectivity index (χ4v) is 1.56. The van der Waals surface area contributed by atoms with E-state index in [0.717, 1.165) is 4.90 Å². The lowest BCUT2D eigenvalue weighted by Gasteiger charge is -2.08. The van der Waals surface area contributed by atoms with Gasteiger partial charge < -0.3 is 4.74 Å². The van der Waals surface area contributed by atoms with Crippen molar-refractivity contribution in [1.29, 1.82) is 0 Å². The quantitative estimate of drug-likeness (QED) is 0.730. The summed E-state index contributed by atoms with van der Waals surface area (Å²) in [5, 5.41) is 0. The average Bonchev–Trinajstić information content (AvgIpc) is 1.99. The van der Waals surface area contributed by atoms with Crippen LogP contribution < -0.4 is 0 Å². The molecule has 0 saturated carbocycles. The van der Waals surface area contributed by atoms with E-state index in [1.165, 1.54) is 11.1 Å². The van der Waals surface area contributed by atoms with Crippen molar-refractivity contribution in [1.82, 2.24) is 0 Å². The van der Waals surface area contributed by atoms with E-state index in [0.29, 0.717) is 6.61 Å². The monoisotopic (exact) mass is 196 g/mol. The van der Waals surface area contributed by atoms with Crippen molar-refractivity contribution in [2.75, 3.05) is 0 Å². The van der Waals surface area contributed by atoms with Crippen LogP contribution in [0.15, 0.2) is 23.1 Å². The molecular weight excluding hydrogens is 180 g/mol. The molecule has 0 radical (unpaired) electrons. The van der Waals surface area contributed by atoms with Gasteiger partial charge in [-0.05, 0) is 44.0 Å². The maximum atomic E-state index is 5.50. The number of ether oxygens (including phenoxy) is 1. The van der Waals surface area contributed by atoms with Crippen molar-refractivity contribution in [3.8, 4) is 0 Å². The standard InChI is InChI=1S/C11H16OS/c1-8(2)12-7-10-4-9(3)5-11(13)6-10/h4-6,8,13H,7H2,1-3H3. The highest BCUT2D eigenvalue weighted by molar-refractivity contribution is 7.80. The first-order valence-electron chi connectivity index (χ1n) is 4.49. The second-order valence-electron chi connectivity index (χ2n) is 3.54. The molecule has 1 nitrogen and oxygen atoms in total. The fraction of sp³-hybridized carbons (Fsp3) is 0.455. The topological polar surface area (TPSA) is 9.23 Å². The highest BCUT2D eigenvalue weighted by Crippen LogP contribution is 2.14. The van der Waals surface area contributed by atoms with Gasteiger partial charge in [-0.2, -0.15) is 0 Å². The summed E-state index contributed by atoms with van der Waals surface area (Å²) in [6.45, 7) is 6.82. The maximum absolute atomic E-state index is 5.50. The number of benzene rings is 1. The van der Waals surface area contributed by atoms with Crippen LogP contribution in [0.4, 0.5) is 0 Å². The van der Waals surface area contributed by atoms with Crippen LogP contribution in [0.1, 0.15) is 25.0 Å². The lowest BCUT2D eigenvalue weighted by molar-refractivity contribution is 0.0656. The van der Waals surface area contributed by atoms with E-state index >= 15 is 0 Å². The Hall–Kier alpha value is -0.470. The zero-order chi connectivity index (χ0) is 9.84. The number of aryl methyl sites for hydroxylation is 1. The Kier molecular flexibility index (Phi) is 3.82. The molecule has 0 aromatic heterocycles. The molecule has 0 unspecified atom stereocenters. The van der Waals surface area contributed by atoms with Crippen LogP contribution >= 0.6 is 12.6 Å². The van der Waals surface area contributed by atoms with Gasteiger partial charge in [0.25, 0.3) is 0 Å². The van der Waals surface area contributed by atoms with Crippen molar-refractivity contribution in [3.05, 3.63) is 29.3 Å². The lowest BCUT2D eigenvalue weighted by atomic mass is 10.1. The first kappa shape index (κ1) is 10.6. The smallest absolute Gasteiger partial charge is 0.0720 e. The highest BCUT2D eigenvalue weighted by Gasteiger charge is 1.98. The largest absolute Gasteiger partial charge is 0.374 e. The first-order valence-corrected chi connectivity index (χ1v) is 4.94. The third kappa shape index (κ3) is 3.83. The summed E-state index contributed by atoms with van der Waals surface area (Å²) >= 11 is 4.31. The molecule has 1 aromatic carbocycles. The fourth-order valence-electron chi connectivity index (χ4n) is 1.19. The Morgan fingerprint density at radius 3 is 2.54 bits per heavy atom. The second-order valence-corrected chi connectivity index (χ2v) is 4.05. The van der Waals surface area contributed by atoms with Crippen LogP contribution in [0.25, 0.3) is 0 Å². The van der Waals surface area contributed by atoms with E-state index < -0.39 is 0 Å². The minimum Gasteiger partial charge on any atom is -0.374 e. The molecule has 0 aliphatic carbocycles. The van der Waals surface area contributed by atoms with Gasteiger partial charge in [0.2, 0.25) is 0 Å². The molecular formula is C11H16OS. The number of hydrogen-bond donors (Lipinski definition) is 1. The van der Waals surface area contributed by atoms with E-state index in [1.807, 2.05) is 26.0 Å². The van der Waals surface area contributed by atoms with E-state index in [9.17, 15) is 0 Å². The molecule has 0 bridgehead atoms. The zero-order valence-electron chi connectivity index (χ0n) is 8.37. The van der Waals surface area contributed by atoms with E-state index in [1.54, 1.807) is 0 Å². The zero-order valence-corrected chi connectivity index (χ0v) is 9.27. The molecule has 72 valence electrons. The third-order valence-electron chi connectivity index (χ3n) is 1.71. The van der Waals surface area contributed by atoms with Gasteiger partial charge in [0.1, 0.15) is 0 Å². The Bertz CT molecular complexity index is 261. The first-order chi connectivity index (χ1) is 6.08. The van der Waals surface area contributed by atoms with Gasteiger partial charge in [0.15, 0.2) is 0 Å². The predicted molar refractivity (Wildman–Crippen MR) is 58.4 cm³/mol. The van der Waals surface area contributed by atoms with E-state index in [-0.39, 0.29) is 6.10 Å². The SMILES string of the molecule is Cc1cc(S)cc(COC(C)C)c1. The molecule has 0 N–H and O–H groups in total. The molecule has 0 fully saturated rings. The lowest BCUT2D eigenvalue weighted by Crippen LogP contribution is -2.02. The maximum Gasteiger partial charge on any atom is 0.0720 e. The Balaban J connectivity index is 2.66. The second kappa shape index (κ2) is 4.68. The summed E-state index contributed by atoms with van der Waals surface area (Å²) in [5.74, 6) is 0. The molecule has 13 heavy (non-hydrogen) atoms. The molecule has 1 aromatic rings. The molecule has 0 saturated heterocycles. The average molecular weight is 196 g/mol. The van der Waals surface area contributed by atoms with Crippen LogP contribution in [0, 0.1) is 6.92 Å². The van der Waals surface area contributed by atoms with Crippen LogP contribution in [0.5, 0.6) is 0 Å². The van der Waals surface area contributed by atoms with Crippen molar-refractivity contribution >= 4 is 12.6 Å². The van der Waals surface area contributed by atoms with Gasteiger partial charge in [-0.15, -0.1) is 12.6 Å². The van der Waals surface area contributed by atoms with Gasteiger partial charge in [0, 0.05) is 4.90 Å². The Morgan fingerprint density at radius 1 is 1.31 bits per heavy atom. The molecule has 0 atom stereocenters.